The molecule has 2 nitrogen and oxygen atoms in total. The minimum Gasteiger partial charge on any atom is -0.345 e. The van der Waals surface area contributed by atoms with Crippen molar-refractivity contribution in [3.8, 4) is 0 Å². The molecule has 0 unspecified atom stereocenters. The normalized spacial score (nSPS) is 16.3. The molecule has 0 bridgehead atoms. The number of rotatable bonds is 4. The summed E-state index contributed by atoms with van der Waals surface area (Å²) in [4.78, 5) is 13.3. The van der Waals surface area contributed by atoms with Crippen LogP contribution in [-0.2, 0) is 11.2 Å². The summed E-state index contributed by atoms with van der Waals surface area (Å²) >= 11 is 6.34. The van der Waals surface area contributed by atoms with Gasteiger partial charge in [0.25, 0.3) is 5.91 Å². The maximum Gasteiger partial charge on any atom is 0.252 e. The van der Waals surface area contributed by atoms with E-state index in [0.717, 1.165) is 30.4 Å². The van der Waals surface area contributed by atoms with E-state index in [9.17, 15) is 4.79 Å². The third-order valence-electron chi connectivity index (χ3n) is 5.21. The Bertz CT molecular complexity index is 1010. The van der Waals surface area contributed by atoms with Crippen molar-refractivity contribution in [3.05, 3.63) is 106 Å². The first-order valence-corrected chi connectivity index (χ1v) is 10.0. The van der Waals surface area contributed by atoms with Crippen LogP contribution in [0.25, 0.3) is 11.6 Å². The summed E-state index contributed by atoms with van der Waals surface area (Å²) in [6, 6.07) is 25.8. The maximum absolute atomic E-state index is 13.3. The lowest BCUT2D eigenvalue weighted by molar-refractivity contribution is -0.116. The Morgan fingerprint density at radius 2 is 1.64 bits per heavy atom. The SMILES string of the molecule is O=C(N[C@H]1CCCc2ccccc21)/C(=C/c1ccccc1Cl)c1ccccc1. The molecule has 28 heavy (non-hydrogen) atoms. The topological polar surface area (TPSA) is 29.1 Å². The molecule has 0 heterocycles. The number of hydrogen-bond acceptors (Lipinski definition) is 1. The van der Waals surface area contributed by atoms with Crippen LogP contribution < -0.4 is 5.32 Å². The fourth-order valence-electron chi connectivity index (χ4n) is 3.79. The average molecular weight is 388 g/mol. The molecule has 1 aliphatic carbocycles. The van der Waals surface area contributed by atoms with E-state index in [1.165, 1.54) is 11.1 Å². The van der Waals surface area contributed by atoms with E-state index in [4.69, 9.17) is 11.6 Å². The third-order valence-corrected chi connectivity index (χ3v) is 5.55. The minimum atomic E-state index is -0.0761. The second-order valence-electron chi connectivity index (χ2n) is 7.06. The molecule has 0 aromatic heterocycles. The highest BCUT2D eigenvalue weighted by molar-refractivity contribution is 6.33. The molecule has 1 atom stereocenters. The molecule has 1 N–H and O–H groups in total. The lowest BCUT2D eigenvalue weighted by Gasteiger charge is -2.27. The Kier molecular flexibility index (Phi) is 5.59. The highest BCUT2D eigenvalue weighted by Gasteiger charge is 2.23. The zero-order valence-corrected chi connectivity index (χ0v) is 16.3. The van der Waals surface area contributed by atoms with Gasteiger partial charge in [0, 0.05) is 10.6 Å². The Morgan fingerprint density at radius 3 is 2.46 bits per heavy atom. The molecule has 0 fully saturated rings. The van der Waals surface area contributed by atoms with E-state index < -0.39 is 0 Å². The molecular formula is C25H22ClNO. The van der Waals surface area contributed by atoms with Gasteiger partial charge >= 0.3 is 0 Å². The number of nitrogens with one attached hydrogen (secondary N) is 1. The maximum atomic E-state index is 13.3. The van der Waals surface area contributed by atoms with Crippen LogP contribution in [0.2, 0.25) is 5.02 Å². The van der Waals surface area contributed by atoms with Crippen LogP contribution in [-0.4, -0.2) is 5.91 Å². The van der Waals surface area contributed by atoms with Gasteiger partial charge in [0.1, 0.15) is 0 Å². The van der Waals surface area contributed by atoms with Crippen molar-refractivity contribution >= 4 is 29.2 Å². The van der Waals surface area contributed by atoms with E-state index >= 15 is 0 Å². The zero-order chi connectivity index (χ0) is 19.3. The number of fused-ring (bicyclic) bond motifs is 1. The predicted molar refractivity (Wildman–Crippen MR) is 116 cm³/mol. The van der Waals surface area contributed by atoms with E-state index in [2.05, 4.69) is 23.5 Å². The number of amides is 1. The standard InChI is InChI=1S/C25H22ClNO/c26-23-15-7-5-12-20(23)17-22(19-9-2-1-3-10-19)25(28)27-24-16-8-13-18-11-4-6-14-21(18)24/h1-7,9-12,14-15,17,24H,8,13,16H2,(H,27,28)/b22-17+/t24-/m0/s1. The van der Waals surface area contributed by atoms with E-state index in [-0.39, 0.29) is 11.9 Å². The Balaban J connectivity index is 1.68. The van der Waals surface area contributed by atoms with Crippen molar-refractivity contribution < 1.29 is 4.79 Å². The summed E-state index contributed by atoms with van der Waals surface area (Å²) < 4.78 is 0. The van der Waals surface area contributed by atoms with Crippen molar-refractivity contribution in [2.24, 2.45) is 0 Å². The average Bonchev–Trinajstić information content (AvgIpc) is 2.74. The van der Waals surface area contributed by atoms with Gasteiger partial charge < -0.3 is 5.32 Å². The fourth-order valence-corrected chi connectivity index (χ4v) is 3.98. The molecule has 4 rings (SSSR count). The van der Waals surface area contributed by atoms with E-state index in [1.54, 1.807) is 0 Å². The van der Waals surface area contributed by atoms with Gasteiger partial charge in [0.2, 0.25) is 0 Å². The molecule has 1 amide bonds. The van der Waals surface area contributed by atoms with Crippen molar-refractivity contribution in [2.45, 2.75) is 25.3 Å². The Hall–Kier alpha value is -2.84. The molecule has 0 saturated heterocycles. The van der Waals surface area contributed by atoms with Gasteiger partial charge in [-0.05, 0) is 53.7 Å². The number of carbonyl (C=O) groups is 1. The van der Waals surface area contributed by atoms with Gasteiger partial charge in [-0.25, -0.2) is 0 Å². The van der Waals surface area contributed by atoms with Gasteiger partial charge in [0.05, 0.1) is 6.04 Å². The van der Waals surface area contributed by atoms with Crippen molar-refractivity contribution in [2.75, 3.05) is 0 Å². The minimum absolute atomic E-state index is 0.0378. The molecule has 3 heteroatoms. The summed E-state index contributed by atoms with van der Waals surface area (Å²) in [7, 11) is 0. The van der Waals surface area contributed by atoms with E-state index in [0.29, 0.717) is 10.6 Å². The Morgan fingerprint density at radius 1 is 0.929 bits per heavy atom. The quantitative estimate of drug-likeness (QED) is 0.427. The number of halogens is 1. The molecule has 3 aromatic rings. The van der Waals surface area contributed by atoms with Crippen molar-refractivity contribution in [1.82, 2.24) is 5.32 Å². The molecular weight excluding hydrogens is 366 g/mol. The van der Waals surface area contributed by atoms with Crippen molar-refractivity contribution in [3.63, 3.8) is 0 Å². The lowest BCUT2D eigenvalue weighted by Crippen LogP contribution is -2.31. The van der Waals surface area contributed by atoms with Crippen LogP contribution in [0.1, 0.15) is 41.1 Å². The smallest absolute Gasteiger partial charge is 0.252 e. The molecule has 0 aliphatic heterocycles. The van der Waals surface area contributed by atoms with Crippen molar-refractivity contribution in [1.29, 1.82) is 0 Å². The summed E-state index contributed by atoms with van der Waals surface area (Å²) in [6.07, 6.45) is 4.99. The van der Waals surface area contributed by atoms with Gasteiger partial charge in [-0.15, -0.1) is 0 Å². The second-order valence-corrected chi connectivity index (χ2v) is 7.47. The van der Waals surface area contributed by atoms with Crippen LogP contribution >= 0.6 is 11.6 Å². The molecule has 0 radical (unpaired) electrons. The summed E-state index contributed by atoms with van der Waals surface area (Å²) in [5.41, 5.74) is 4.89. The zero-order valence-electron chi connectivity index (χ0n) is 15.6. The molecule has 140 valence electrons. The third kappa shape index (κ3) is 4.02. The molecule has 0 spiro atoms. The van der Waals surface area contributed by atoms with Crippen LogP contribution in [0.5, 0.6) is 0 Å². The molecule has 3 aromatic carbocycles. The van der Waals surface area contributed by atoms with Crippen LogP contribution in [0.15, 0.2) is 78.9 Å². The van der Waals surface area contributed by atoms with Crippen LogP contribution in [0, 0.1) is 0 Å². The summed E-state index contributed by atoms with van der Waals surface area (Å²) in [5.74, 6) is -0.0761. The molecule has 0 saturated carbocycles. The number of carbonyl (C=O) groups excluding carboxylic acids is 1. The molecule has 1 aliphatic rings. The highest BCUT2D eigenvalue weighted by atomic mass is 35.5. The van der Waals surface area contributed by atoms with Crippen LogP contribution in [0.4, 0.5) is 0 Å². The lowest BCUT2D eigenvalue weighted by atomic mass is 9.87. The van der Waals surface area contributed by atoms with Gasteiger partial charge in [-0.2, -0.15) is 0 Å². The fraction of sp³-hybridized carbons (Fsp3) is 0.160. The first kappa shape index (κ1) is 18.5. The first-order valence-electron chi connectivity index (χ1n) is 9.62. The number of aryl methyl sites for hydroxylation is 1. The van der Waals surface area contributed by atoms with Crippen LogP contribution in [0.3, 0.4) is 0 Å². The second kappa shape index (κ2) is 8.45. The highest BCUT2D eigenvalue weighted by Crippen LogP contribution is 2.31. The largest absolute Gasteiger partial charge is 0.345 e. The van der Waals surface area contributed by atoms with E-state index in [1.807, 2.05) is 66.7 Å². The number of hydrogen-bond donors (Lipinski definition) is 1. The first-order chi connectivity index (χ1) is 13.7. The van der Waals surface area contributed by atoms with Gasteiger partial charge in [-0.3, -0.25) is 4.79 Å². The Labute approximate surface area is 170 Å². The van der Waals surface area contributed by atoms with Gasteiger partial charge in [0.15, 0.2) is 0 Å². The number of benzene rings is 3. The summed E-state index contributed by atoms with van der Waals surface area (Å²) in [6.45, 7) is 0. The van der Waals surface area contributed by atoms with Gasteiger partial charge in [-0.1, -0.05) is 84.4 Å². The predicted octanol–water partition coefficient (Wildman–Crippen LogP) is 6.07. The monoisotopic (exact) mass is 387 g/mol. The summed E-state index contributed by atoms with van der Waals surface area (Å²) in [5, 5.41) is 3.89.